The number of esters is 1. The van der Waals surface area contributed by atoms with Gasteiger partial charge in [-0.15, -0.1) is 0 Å². The Balaban J connectivity index is 2.84. The lowest BCUT2D eigenvalue weighted by atomic mass is 10.2. The summed E-state index contributed by atoms with van der Waals surface area (Å²) in [6.45, 7) is 0.151. The summed E-state index contributed by atoms with van der Waals surface area (Å²) in [4.78, 5) is 23.7. The zero-order valence-electron chi connectivity index (χ0n) is 14.2. The molecule has 0 radical (unpaired) electrons. The van der Waals surface area contributed by atoms with Gasteiger partial charge in [0, 0.05) is 20.3 Å². The Morgan fingerprint density at radius 3 is 2.52 bits per heavy atom. The summed E-state index contributed by atoms with van der Waals surface area (Å²) in [5.74, 6) is -1.16. The monoisotopic (exact) mass is 392 g/mol. The minimum atomic E-state index is -3.56. The Morgan fingerprint density at radius 1 is 1.28 bits per heavy atom. The summed E-state index contributed by atoms with van der Waals surface area (Å²) in [5, 5.41) is 2.72. The van der Waals surface area contributed by atoms with Crippen LogP contribution < -0.4 is 5.32 Å². The van der Waals surface area contributed by atoms with Gasteiger partial charge in [-0.05, 0) is 24.6 Å². The number of anilines is 1. The Labute approximate surface area is 152 Å². The van der Waals surface area contributed by atoms with E-state index in [2.05, 4.69) is 10.1 Å². The molecule has 0 aliphatic heterocycles. The fraction of sp³-hybridized carbons (Fsp3) is 0.467. The third-order valence-corrected chi connectivity index (χ3v) is 4.79. The van der Waals surface area contributed by atoms with E-state index in [4.69, 9.17) is 16.3 Å². The number of hydrogen-bond donors (Lipinski definition) is 1. The first kappa shape index (κ1) is 21.4. The van der Waals surface area contributed by atoms with E-state index < -0.39 is 21.9 Å². The number of nitrogens with one attached hydrogen (secondary N) is 1. The molecule has 0 spiro atoms. The molecule has 1 amide bonds. The first-order chi connectivity index (χ1) is 11.7. The maximum absolute atomic E-state index is 12.2. The third-order valence-electron chi connectivity index (χ3n) is 3.21. The average molecular weight is 393 g/mol. The van der Waals surface area contributed by atoms with Gasteiger partial charge in [-0.3, -0.25) is 4.79 Å². The number of benzene rings is 1. The van der Waals surface area contributed by atoms with Gasteiger partial charge in [0.2, 0.25) is 15.9 Å². The molecule has 1 rings (SSSR count). The van der Waals surface area contributed by atoms with Crippen molar-refractivity contribution < 1.29 is 27.5 Å². The molecule has 0 fully saturated rings. The summed E-state index contributed by atoms with van der Waals surface area (Å²) in [6, 6.07) is 4.26. The van der Waals surface area contributed by atoms with Gasteiger partial charge < -0.3 is 14.8 Å². The number of amides is 1. The van der Waals surface area contributed by atoms with Gasteiger partial charge in [-0.25, -0.2) is 13.2 Å². The third kappa shape index (κ3) is 6.99. The van der Waals surface area contributed by atoms with Gasteiger partial charge in [0.1, 0.15) is 0 Å². The summed E-state index contributed by atoms with van der Waals surface area (Å²) in [5.41, 5.74) is 0.405. The molecule has 0 saturated carbocycles. The van der Waals surface area contributed by atoms with Crippen molar-refractivity contribution in [2.45, 2.75) is 6.42 Å². The largest absolute Gasteiger partial charge is 0.465 e. The number of methoxy groups -OCH3 is 2. The smallest absolute Gasteiger partial charge is 0.337 e. The zero-order chi connectivity index (χ0) is 19.0. The fourth-order valence-electron chi connectivity index (χ4n) is 1.96. The van der Waals surface area contributed by atoms with Crippen molar-refractivity contribution in [3.05, 3.63) is 28.8 Å². The number of nitrogens with zero attached hydrogens (tertiary/aromatic N) is 1. The van der Waals surface area contributed by atoms with E-state index in [0.717, 1.165) is 10.6 Å². The number of ether oxygens (including phenoxy) is 2. The van der Waals surface area contributed by atoms with E-state index in [1.807, 2.05) is 0 Å². The van der Waals surface area contributed by atoms with Crippen molar-refractivity contribution in [2.24, 2.45) is 0 Å². The van der Waals surface area contributed by atoms with Gasteiger partial charge in [0.05, 0.1) is 36.2 Å². The van der Waals surface area contributed by atoms with Crippen molar-refractivity contribution >= 4 is 39.2 Å². The normalized spacial score (nSPS) is 11.4. The van der Waals surface area contributed by atoms with Crippen LogP contribution in [-0.2, 0) is 24.3 Å². The second-order valence-corrected chi connectivity index (χ2v) is 7.57. The van der Waals surface area contributed by atoms with Crippen LogP contribution in [0.2, 0.25) is 5.02 Å². The van der Waals surface area contributed by atoms with Crippen molar-refractivity contribution in [3.63, 3.8) is 0 Å². The standard InChI is InChI=1S/C15H21ClN2O6S/c1-23-8-4-7-18(25(3,21)22)10-14(19)17-13-9-11(15(20)24-2)5-6-12(13)16/h5-6,9H,4,7-8,10H2,1-3H3,(H,17,19). The van der Waals surface area contributed by atoms with Gasteiger partial charge in [0.25, 0.3) is 0 Å². The molecule has 10 heteroatoms. The lowest BCUT2D eigenvalue weighted by Gasteiger charge is -2.19. The Bertz CT molecular complexity index is 723. The highest BCUT2D eigenvalue weighted by Gasteiger charge is 2.20. The first-order valence-electron chi connectivity index (χ1n) is 7.30. The van der Waals surface area contributed by atoms with Crippen molar-refractivity contribution in [1.29, 1.82) is 0 Å². The molecule has 0 saturated heterocycles. The van der Waals surface area contributed by atoms with Crippen LogP contribution in [0.1, 0.15) is 16.8 Å². The molecule has 0 aromatic heterocycles. The molecular weight excluding hydrogens is 372 g/mol. The number of halogens is 1. The second kappa shape index (κ2) is 9.71. The second-order valence-electron chi connectivity index (χ2n) is 5.18. The molecule has 1 N–H and O–H groups in total. The molecule has 140 valence electrons. The van der Waals surface area contributed by atoms with E-state index in [9.17, 15) is 18.0 Å². The Hall–Kier alpha value is -1.68. The average Bonchev–Trinajstić information content (AvgIpc) is 2.54. The molecule has 0 unspecified atom stereocenters. The van der Waals surface area contributed by atoms with Gasteiger partial charge in [0.15, 0.2) is 0 Å². The van der Waals surface area contributed by atoms with Crippen LogP contribution in [0.5, 0.6) is 0 Å². The molecule has 25 heavy (non-hydrogen) atoms. The number of sulfonamides is 1. The maximum atomic E-state index is 12.2. The van der Waals surface area contributed by atoms with Crippen LogP contribution in [0.25, 0.3) is 0 Å². The zero-order valence-corrected chi connectivity index (χ0v) is 15.8. The minimum absolute atomic E-state index is 0.149. The summed E-state index contributed by atoms with van der Waals surface area (Å²) >= 11 is 6.00. The molecule has 0 bridgehead atoms. The first-order valence-corrected chi connectivity index (χ1v) is 9.53. The van der Waals surface area contributed by atoms with Gasteiger partial charge in [-0.2, -0.15) is 4.31 Å². The van der Waals surface area contributed by atoms with Crippen LogP contribution in [0, 0.1) is 0 Å². The quantitative estimate of drug-likeness (QED) is 0.503. The highest BCUT2D eigenvalue weighted by atomic mass is 35.5. The van der Waals surface area contributed by atoms with Gasteiger partial charge >= 0.3 is 5.97 Å². The van der Waals surface area contributed by atoms with Crippen molar-refractivity contribution in [1.82, 2.24) is 4.31 Å². The van der Waals surface area contributed by atoms with Crippen LogP contribution in [0.3, 0.4) is 0 Å². The predicted octanol–water partition coefficient (Wildman–Crippen LogP) is 1.36. The minimum Gasteiger partial charge on any atom is -0.465 e. The van der Waals surface area contributed by atoms with Crippen LogP contribution in [-0.4, -0.2) is 64.8 Å². The SMILES string of the molecule is COCCCN(CC(=O)Nc1cc(C(=O)OC)ccc1Cl)S(C)(=O)=O. The molecule has 8 nitrogen and oxygen atoms in total. The van der Waals surface area contributed by atoms with Crippen molar-refractivity contribution in [3.8, 4) is 0 Å². The lowest BCUT2D eigenvalue weighted by molar-refractivity contribution is -0.116. The topological polar surface area (TPSA) is 102 Å². The predicted molar refractivity (Wildman–Crippen MR) is 94.3 cm³/mol. The number of carbonyl (C=O) groups excluding carboxylic acids is 2. The molecule has 0 atom stereocenters. The lowest BCUT2D eigenvalue weighted by Crippen LogP contribution is -2.38. The molecule has 0 aliphatic carbocycles. The molecule has 0 heterocycles. The number of carbonyl (C=O) groups is 2. The molecule has 1 aromatic rings. The Morgan fingerprint density at radius 2 is 1.96 bits per heavy atom. The maximum Gasteiger partial charge on any atom is 0.337 e. The van der Waals surface area contributed by atoms with Crippen molar-refractivity contribution in [2.75, 3.05) is 45.5 Å². The number of hydrogen-bond acceptors (Lipinski definition) is 6. The van der Waals surface area contributed by atoms with E-state index in [0.29, 0.717) is 13.0 Å². The van der Waals surface area contributed by atoms with Crippen LogP contribution in [0.4, 0.5) is 5.69 Å². The van der Waals surface area contributed by atoms with E-state index >= 15 is 0 Å². The molecular formula is C15H21ClN2O6S. The van der Waals surface area contributed by atoms with E-state index in [1.54, 1.807) is 0 Å². The highest BCUT2D eigenvalue weighted by molar-refractivity contribution is 7.88. The molecule has 1 aromatic carbocycles. The van der Waals surface area contributed by atoms with Gasteiger partial charge in [-0.1, -0.05) is 11.6 Å². The van der Waals surface area contributed by atoms with Crippen LogP contribution in [0.15, 0.2) is 18.2 Å². The van der Waals surface area contributed by atoms with E-state index in [-0.39, 0.29) is 29.4 Å². The summed E-state index contributed by atoms with van der Waals surface area (Å²) < 4.78 is 34.1. The van der Waals surface area contributed by atoms with Crippen LogP contribution >= 0.6 is 11.6 Å². The molecule has 0 aliphatic rings. The summed E-state index contributed by atoms with van der Waals surface area (Å²) in [6.07, 6.45) is 1.48. The highest BCUT2D eigenvalue weighted by Crippen LogP contribution is 2.23. The fourth-order valence-corrected chi connectivity index (χ4v) is 2.94. The van der Waals surface area contributed by atoms with E-state index in [1.165, 1.54) is 32.4 Å². The Kier molecular flexibility index (Phi) is 8.30. The number of rotatable bonds is 9. The summed E-state index contributed by atoms with van der Waals surface area (Å²) in [7, 11) is -0.816.